The molecule has 1 aromatic heterocycles. The Morgan fingerprint density at radius 3 is 2.34 bits per heavy atom. The van der Waals surface area contributed by atoms with Crippen LogP contribution in [0.1, 0.15) is 36.4 Å². The molecule has 0 amide bonds. The van der Waals surface area contributed by atoms with Gasteiger partial charge in [-0.05, 0) is 56.6 Å². The third kappa shape index (κ3) is 5.48. The first-order valence-corrected chi connectivity index (χ1v) is 14.0. The summed E-state index contributed by atoms with van der Waals surface area (Å²) >= 11 is 0. The fourth-order valence-electron chi connectivity index (χ4n) is 5.93. The number of aromatic nitrogens is 2. The smallest absolute Gasteiger partial charge is 0.229 e. The molecule has 4 heterocycles. The molecule has 8 nitrogen and oxygen atoms in total. The van der Waals surface area contributed by atoms with Crippen LogP contribution in [0.25, 0.3) is 0 Å². The minimum Gasteiger partial charge on any atom is -0.371 e. The second kappa shape index (κ2) is 11.3. The van der Waals surface area contributed by atoms with Gasteiger partial charge in [0.25, 0.3) is 0 Å². The first-order chi connectivity index (χ1) is 18.6. The maximum Gasteiger partial charge on any atom is 0.229 e. The Morgan fingerprint density at radius 1 is 0.868 bits per heavy atom. The van der Waals surface area contributed by atoms with Crippen molar-refractivity contribution in [3.8, 4) is 0 Å². The van der Waals surface area contributed by atoms with Gasteiger partial charge in [0.05, 0.1) is 12.6 Å². The van der Waals surface area contributed by atoms with Crippen LogP contribution >= 0.6 is 0 Å². The highest BCUT2D eigenvalue weighted by Crippen LogP contribution is 2.36. The maximum absolute atomic E-state index is 6.03. The van der Waals surface area contributed by atoms with Crippen molar-refractivity contribution in [2.24, 2.45) is 0 Å². The average molecular weight is 514 g/mol. The number of likely N-dealkylation sites (N-methyl/N-ethyl adjacent to an activating group) is 1. The Labute approximate surface area is 226 Å². The first-order valence-electron chi connectivity index (χ1n) is 14.0. The topological polar surface area (TPSA) is 60.0 Å². The molecule has 1 atom stereocenters. The van der Waals surface area contributed by atoms with Crippen molar-refractivity contribution in [3.05, 3.63) is 71.9 Å². The molecule has 1 unspecified atom stereocenters. The number of piperazine rings is 1. The quantitative estimate of drug-likeness (QED) is 0.512. The van der Waals surface area contributed by atoms with Gasteiger partial charge in [0.1, 0.15) is 0 Å². The monoisotopic (exact) mass is 513 g/mol. The van der Waals surface area contributed by atoms with Crippen LogP contribution in [-0.2, 0) is 4.84 Å². The van der Waals surface area contributed by atoms with E-state index in [-0.39, 0.29) is 6.04 Å². The fraction of sp³-hybridized carbons (Fsp3) is 0.467. The zero-order valence-corrected chi connectivity index (χ0v) is 22.6. The van der Waals surface area contributed by atoms with E-state index in [9.17, 15) is 0 Å². The van der Waals surface area contributed by atoms with Gasteiger partial charge >= 0.3 is 0 Å². The minimum atomic E-state index is 0.150. The van der Waals surface area contributed by atoms with Crippen LogP contribution in [0.3, 0.4) is 0 Å². The van der Waals surface area contributed by atoms with E-state index in [2.05, 4.69) is 80.6 Å². The largest absolute Gasteiger partial charge is 0.371 e. The van der Waals surface area contributed by atoms with Crippen LogP contribution in [0.15, 0.2) is 60.8 Å². The van der Waals surface area contributed by atoms with E-state index >= 15 is 0 Å². The predicted molar refractivity (Wildman–Crippen MR) is 153 cm³/mol. The van der Waals surface area contributed by atoms with Crippen molar-refractivity contribution in [3.63, 3.8) is 0 Å². The Balaban J connectivity index is 1.08. The summed E-state index contributed by atoms with van der Waals surface area (Å²) in [6.07, 6.45) is 5.29. The molecule has 0 aliphatic carbocycles. The summed E-state index contributed by atoms with van der Waals surface area (Å²) < 4.78 is 0. The number of hydrogen-bond donors (Lipinski definition) is 1. The summed E-state index contributed by atoms with van der Waals surface area (Å²) in [4.78, 5) is 23.1. The number of piperidine rings is 1. The lowest BCUT2D eigenvalue weighted by atomic mass is 10.0. The Morgan fingerprint density at radius 2 is 1.61 bits per heavy atom. The normalized spacial score (nSPS) is 21.7. The summed E-state index contributed by atoms with van der Waals surface area (Å²) in [6, 6.07) is 20.1. The lowest BCUT2D eigenvalue weighted by molar-refractivity contribution is 0.0982. The lowest BCUT2D eigenvalue weighted by Gasteiger charge is -2.42. The molecule has 3 aliphatic heterocycles. The van der Waals surface area contributed by atoms with Gasteiger partial charge in [0.2, 0.25) is 5.95 Å². The maximum atomic E-state index is 6.03. The molecule has 0 spiro atoms. The first kappa shape index (κ1) is 25.1. The van der Waals surface area contributed by atoms with Crippen LogP contribution in [-0.4, -0.2) is 78.7 Å². The third-order valence-electron chi connectivity index (χ3n) is 8.25. The van der Waals surface area contributed by atoms with Crippen molar-refractivity contribution in [2.75, 3.05) is 68.2 Å². The van der Waals surface area contributed by atoms with Crippen molar-refractivity contribution in [1.82, 2.24) is 19.8 Å². The number of nitrogens with one attached hydrogen (secondary N) is 1. The Hall–Kier alpha value is -3.20. The number of aryl methyl sites for hydroxylation is 1. The van der Waals surface area contributed by atoms with Crippen LogP contribution in [0.2, 0.25) is 0 Å². The third-order valence-corrected chi connectivity index (χ3v) is 8.25. The molecule has 3 aromatic rings. The van der Waals surface area contributed by atoms with E-state index in [1.807, 2.05) is 24.3 Å². The molecule has 0 radical (unpaired) electrons. The molecule has 3 aliphatic rings. The van der Waals surface area contributed by atoms with Crippen LogP contribution in [0, 0.1) is 6.92 Å². The van der Waals surface area contributed by atoms with E-state index in [0.29, 0.717) is 12.6 Å². The second-order valence-corrected chi connectivity index (χ2v) is 10.8. The van der Waals surface area contributed by atoms with Gasteiger partial charge in [-0.2, -0.15) is 4.98 Å². The standard InChI is InChI=1S/C30H39N7O/c1-23-22-31-30(33-29(23)37-28(14-21-38-37)24-6-4-3-5-7-24)32-25-8-10-26(11-9-25)35-15-12-27(13-16-35)36-19-17-34(2)18-20-36/h3-11,22,27-28H,12-21H2,1-2H3,(H,31,32,33). The van der Waals surface area contributed by atoms with Gasteiger partial charge in [-0.25, -0.2) is 10.0 Å². The SMILES string of the molecule is Cc1cnc(Nc2ccc(N3CCC(N4CCN(C)CC4)CC3)cc2)nc1N1OCCC1c1ccccc1. The zero-order chi connectivity index (χ0) is 25.9. The molecule has 6 rings (SSSR count). The summed E-state index contributed by atoms with van der Waals surface area (Å²) in [7, 11) is 2.23. The highest BCUT2D eigenvalue weighted by atomic mass is 16.7. The number of nitrogens with zero attached hydrogens (tertiary/aromatic N) is 6. The van der Waals surface area contributed by atoms with Gasteiger partial charge in [0.15, 0.2) is 5.82 Å². The molecule has 0 bridgehead atoms. The number of anilines is 4. The van der Waals surface area contributed by atoms with E-state index in [4.69, 9.17) is 9.82 Å². The predicted octanol–water partition coefficient (Wildman–Crippen LogP) is 4.63. The molecule has 3 fully saturated rings. The fourth-order valence-corrected chi connectivity index (χ4v) is 5.93. The summed E-state index contributed by atoms with van der Waals surface area (Å²) in [5.74, 6) is 1.39. The minimum absolute atomic E-state index is 0.150. The molecule has 38 heavy (non-hydrogen) atoms. The van der Waals surface area contributed by atoms with Crippen molar-refractivity contribution < 1.29 is 4.84 Å². The van der Waals surface area contributed by atoms with Gasteiger partial charge in [-0.15, -0.1) is 0 Å². The number of benzene rings is 2. The van der Waals surface area contributed by atoms with E-state index in [1.54, 1.807) is 0 Å². The van der Waals surface area contributed by atoms with Gasteiger partial charge in [-0.1, -0.05) is 30.3 Å². The van der Waals surface area contributed by atoms with Crippen LogP contribution in [0.4, 0.5) is 23.1 Å². The van der Waals surface area contributed by atoms with Gasteiger partial charge < -0.3 is 15.1 Å². The number of rotatable bonds is 6. The van der Waals surface area contributed by atoms with Gasteiger partial charge in [-0.3, -0.25) is 9.74 Å². The van der Waals surface area contributed by atoms with Crippen molar-refractivity contribution in [1.29, 1.82) is 0 Å². The summed E-state index contributed by atoms with van der Waals surface area (Å²) in [5, 5.41) is 5.35. The highest BCUT2D eigenvalue weighted by molar-refractivity contribution is 5.61. The van der Waals surface area contributed by atoms with Crippen molar-refractivity contribution >= 4 is 23.1 Å². The lowest BCUT2D eigenvalue weighted by Crippen LogP contribution is -2.52. The molecule has 200 valence electrons. The van der Waals surface area contributed by atoms with Crippen LogP contribution < -0.4 is 15.3 Å². The second-order valence-electron chi connectivity index (χ2n) is 10.8. The summed E-state index contributed by atoms with van der Waals surface area (Å²) in [5.41, 5.74) is 4.50. The Bertz CT molecular complexity index is 1190. The Kier molecular flexibility index (Phi) is 7.44. The molecular weight excluding hydrogens is 474 g/mol. The molecular formula is C30H39N7O. The molecule has 0 saturated carbocycles. The number of hydrogen-bond acceptors (Lipinski definition) is 8. The van der Waals surface area contributed by atoms with Crippen molar-refractivity contribution in [2.45, 2.75) is 38.3 Å². The van der Waals surface area contributed by atoms with E-state index in [1.165, 1.54) is 50.3 Å². The molecule has 3 saturated heterocycles. The average Bonchev–Trinajstić information content (AvgIpc) is 3.45. The zero-order valence-electron chi connectivity index (χ0n) is 22.6. The molecule has 8 heteroatoms. The van der Waals surface area contributed by atoms with Crippen LogP contribution in [0.5, 0.6) is 0 Å². The van der Waals surface area contributed by atoms with Gasteiger partial charge in [0, 0.05) is 74.9 Å². The molecule has 2 aromatic carbocycles. The highest BCUT2D eigenvalue weighted by Gasteiger charge is 2.30. The van der Waals surface area contributed by atoms with E-state index < -0.39 is 0 Å². The summed E-state index contributed by atoms with van der Waals surface area (Å²) in [6.45, 7) is 9.75. The van der Waals surface area contributed by atoms with E-state index in [0.717, 1.165) is 42.6 Å². The molecule has 1 N–H and O–H groups in total. The number of hydroxylamine groups is 1.